The van der Waals surface area contributed by atoms with Crippen molar-refractivity contribution in [3.8, 4) is 11.5 Å². The topological polar surface area (TPSA) is 33.7 Å². The average Bonchev–Trinajstić information content (AvgIpc) is 2.95. The fourth-order valence-electron chi connectivity index (χ4n) is 6.01. The number of hydrogen-bond acceptors (Lipinski definition) is 4. The first-order chi connectivity index (χ1) is 18.8. The number of benzene rings is 3. The highest BCUT2D eigenvalue weighted by molar-refractivity contribution is 5.47. The first kappa shape index (κ1) is 26.6. The van der Waals surface area contributed by atoms with E-state index in [1.807, 2.05) is 36.4 Å². The lowest BCUT2D eigenvalue weighted by molar-refractivity contribution is 0.128. The molecule has 4 nitrogen and oxygen atoms in total. The highest BCUT2D eigenvalue weighted by atomic mass is 19.2. The highest BCUT2D eigenvalue weighted by Gasteiger charge is 2.50. The first-order valence-electron chi connectivity index (χ1n) is 12.7. The summed E-state index contributed by atoms with van der Waals surface area (Å²) in [6, 6.07) is 20.8. The Morgan fingerprint density at radius 2 is 1.49 bits per heavy atom. The molecule has 3 aromatic carbocycles. The number of methoxy groups -OCH3 is 2. The summed E-state index contributed by atoms with van der Waals surface area (Å²) in [5.74, 6) is -3.75. The van der Waals surface area contributed by atoms with E-state index in [-0.39, 0.29) is 23.4 Å². The zero-order valence-electron chi connectivity index (χ0n) is 22.0. The van der Waals surface area contributed by atoms with Crippen LogP contribution in [0.4, 0.5) is 13.2 Å². The standard InChI is InChI=1S/C32H31F3N2O2/c1-18-16-23-19(2)30(26(21-12-8-6-9-13-21)22-14-10-7-11-15-22)37(18)20(3)29(23)36-32(35)24-17-25(38-4)27(33)28(34)31(24)39-5/h6-15,17,23,26,29-30,32,36H,1-3,16H2,4-5H3. The molecule has 3 aliphatic rings. The van der Waals surface area contributed by atoms with Crippen LogP contribution in [0.3, 0.4) is 0 Å². The SMILES string of the molecule is C=C1C2CC(=C)N(C(=C)C2NC(F)c2cc(OC)c(F)c(F)c2OC)C1C(c1ccccc1)c1ccccc1. The second-order valence-corrected chi connectivity index (χ2v) is 9.89. The Kier molecular flexibility index (Phi) is 7.28. The van der Waals surface area contributed by atoms with Gasteiger partial charge >= 0.3 is 0 Å². The molecule has 1 N–H and O–H groups in total. The van der Waals surface area contributed by atoms with E-state index in [2.05, 4.69) is 54.2 Å². The largest absolute Gasteiger partial charge is 0.494 e. The molecule has 3 aliphatic heterocycles. The van der Waals surface area contributed by atoms with Crippen LogP contribution < -0.4 is 14.8 Å². The van der Waals surface area contributed by atoms with Crippen LogP contribution in [-0.2, 0) is 0 Å². The van der Waals surface area contributed by atoms with Crippen LogP contribution in [0.1, 0.15) is 35.3 Å². The van der Waals surface area contributed by atoms with Crippen molar-refractivity contribution in [1.29, 1.82) is 0 Å². The maximum Gasteiger partial charge on any atom is 0.204 e. The predicted molar refractivity (Wildman–Crippen MR) is 146 cm³/mol. The van der Waals surface area contributed by atoms with Crippen molar-refractivity contribution in [1.82, 2.24) is 10.2 Å². The molecule has 3 saturated heterocycles. The first-order valence-corrected chi connectivity index (χ1v) is 12.7. The quantitative estimate of drug-likeness (QED) is 0.250. The van der Waals surface area contributed by atoms with Crippen LogP contribution in [0, 0.1) is 17.6 Å². The number of piperidine rings is 3. The zero-order chi connectivity index (χ0) is 27.8. The normalized spacial score (nSPS) is 21.4. The minimum Gasteiger partial charge on any atom is -0.494 e. The van der Waals surface area contributed by atoms with Crippen molar-refractivity contribution in [3.63, 3.8) is 0 Å². The van der Waals surface area contributed by atoms with Gasteiger partial charge in [-0.15, -0.1) is 0 Å². The predicted octanol–water partition coefficient (Wildman–Crippen LogP) is 7.03. The summed E-state index contributed by atoms with van der Waals surface area (Å²) in [5, 5.41) is 2.94. The minimum absolute atomic E-state index is 0.0612. The monoisotopic (exact) mass is 532 g/mol. The van der Waals surface area contributed by atoms with Gasteiger partial charge in [0.15, 0.2) is 17.8 Å². The summed E-state index contributed by atoms with van der Waals surface area (Å²) in [4.78, 5) is 2.06. The lowest BCUT2D eigenvalue weighted by Crippen LogP contribution is -2.59. The van der Waals surface area contributed by atoms with E-state index in [0.717, 1.165) is 35.6 Å². The van der Waals surface area contributed by atoms with E-state index in [4.69, 9.17) is 9.47 Å². The minimum atomic E-state index is -1.90. The molecule has 6 rings (SSSR count). The molecule has 3 aromatic rings. The summed E-state index contributed by atoms with van der Waals surface area (Å²) >= 11 is 0. The van der Waals surface area contributed by atoms with Crippen LogP contribution in [-0.4, -0.2) is 31.2 Å². The summed E-state index contributed by atoms with van der Waals surface area (Å²) in [6.45, 7) is 13.2. The number of fused-ring (bicyclic) bond motifs is 3. The molecule has 4 unspecified atom stereocenters. The Morgan fingerprint density at radius 3 is 2.03 bits per heavy atom. The Labute approximate surface area is 227 Å². The molecular formula is C32H31F3N2O2. The molecule has 0 amide bonds. The molecule has 0 aromatic heterocycles. The summed E-state index contributed by atoms with van der Waals surface area (Å²) < 4.78 is 54.7. The fourth-order valence-corrected chi connectivity index (χ4v) is 6.01. The molecule has 202 valence electrons. The van der Waals surface area contributed by atoms with Crippen molar-refractivity contribution < 1.29 is 22.6 Å². The number of allylic oxidation sites excluding steroid dienone is 1. The van der Waals surface area contributed by atoms with E-state index in [1.165, 1.54) is 7.11 Å². The van der Waals surface area contributed by atoms with Crippen LogP contribution in [0.5, 0.6) is 11.5 Å². The molecule has 7 heteroatoms. The smallest absolute Gasteiger partial charge is 0.204 e. The van der Waals surface area contributed by atoms with Crippen molar-refractivity contribution in [2.75, 3.05) is 14.2 Å². The summed E-state index contributed by atoms with van der Waals surface area (Å²) in [6.07, 6.45) is -1.34. The van der Waals surface area contributed by atoms with Crippen LogP contribution in [0.25, 0.3) is 0 Å². The maximum absolute atomic E-state index is 15.9. The van der Waals surface area contributed by atoms with Crippen molar-refractivity contribution in [3.05, 3.63) is 132 Å². The van der Waals surface area contributed by atoms with Gasteiger partial charge in [-0.25, -0.2) is 4.39 Å². The lowest BCUT2D eigenvalue weighted by atomic mass is 9.67. The van der Waals surface area contributed by atoms with Crippen LogP contribution >= 0.6 is 0 Å². The van der Waals surface area contributed by atoms with Gasteiger partial charge in [0.25, 0.3) is 0 Å². The van der Waals surface area contributed by atoms with Gasteiger partial charge in [0, 0.05) is 28.8 Å². The number of alkyl halides is 1. The Balaban J connectivity index is 1.50. The van der Waals surface area contributed by atoms with Gasteiger partial charge in [0.05, 0.1) is 26.3 Å². The van der Waals surface area contributed by atoms with Gasteiger partial charge in [-0.1, -0.05) is 80.4 Å². The second kappa shape index (κ2) is 10.7. The molecule has 3 fully saturated rings. The Hall–Kier alpha value is -3.97. The van der Waals surface area contributed by atoms with Gasteiger partial charge in [0.2, 0.25) is 11.6 Å². The molecular weight excluding hydrogens is 501 g/mol. The number of nitrogens with one attached hydrogen (secondary N) is 1. The molecule has 0 radical (unpaired) electrons. The lowest BCUT2D eigenvalue weighted by Gasteiger charge is -2.57. The molecule has 2 bridgehead atoms. The number of hydrogen-bond donors (Lipinski definition) is 1. The van der Waals surface area contributed by atoms with Gasteiger partial charge in [-0.2, -0.15) is 8.78 Å². The molecule has 0 saturated carbocycles. The zero-order valence-corrected chi connectivity index (χ0v) is 22.0. The molecule has 4 atom stereocenters. The van der Waals surface area contributed by atoms with E-state index in [9.17, 15) is 8.78 Å². The third-order valence-electron chi connectivity index (χ3n) is 7.81. The van der Waals surface area contributed by atoms with Gasteiger partial charge < -0.3 is 14.4 Å². The summed E-state index contributed by atoms with van der Waals surface area (Å²) in [5.41, 5.74) is 4.47. The van der Waals surface area contributed by atoms with Crippen LogP contribution in [0.2, 0.25) is 0 Å². The number of halogens is 3. The third kappa shape index (κ3) is 4.51. The van der Waals surface area contributed by atoms with Crippen molar-refractivity contribution in [2.24, 2.45) is 5.92 Å². The summed E-state index contributed by atoms with van der Waals surface area (Å²) in [7, 11) is 2.35. The van der Waals surface area contributed by atoms with Gasteiger partial charge in [0.1, 0.15) is 0 Å². The van der Waals surface area contributed by atoms with E-state index in [0.29, 0.717) is 12.1 Å². The number of rotatable bonds is 8. The van der Waals surface area contributed by atoms with Crippen molar-refractivity contribution in [2.45, 2.75) is 30.7 Å². The molecule has 0 aliphatic carbocycles. The van der Waals surface area contributed by atoms with E-state index >= 15 is 4.39 Å². The maximum atomic E-state index is 15.9. The fraction of sp³-hybridized carbons (Fsp3) is 0.250. The van der Waals surface area contributed by atoms with Crippen LogP contribution in [0.15, 0.2) is 103 Å². The molecule has 0 spiro atoms. The molecule has 3 heterocycles. The molecule has 39 heavy (non-hydrogen) atoms. The highest BCUT2D eigenvalue weighted by Crippen LogP contribution is 2.51. The second-order valence-electron chi connectivity index (χ2n) is 9.89. The number of ether oxygens (including phenoxy) is 2. The number of nitrogens with zero attached hydrogens (tertiary/aromatic N) is 1. The van der Waals surface area contributed by atoms with Gasteiger partial charge in [-0.05, 0) is 29.2 Å². The Morgan fingerprint density at radius 1 is 0.897 bits per heavy atom. The van der Waals surface area contributed by atoms with Crippen molar-refractivity contribution >= 4 is 0 Å². The van der Waals surface area contributed by atoms with Gasteiger partial charge in [-0.3, -0.25) is 5.32 Å². The Bertz CT molecular complexity index is 1370. The van der Waals surface area contributed by atoms with E-state index < -0.39 is 35.5 Å². The average molecular weight is 533 g/mol. The van der Waals surface area contributed by atoms with E-state index in [1.54, 1.807) is 0 Å². The third-order valence-corrected chi connectivity index (χ3v) is 7.81.